The average molecular weight is 296 g/mol. The number of nitrogens with zero attached hydrogens (tertiary/aromatic N) is 1. The summed E-state index contributed by atoms with van der Waals surface area (Å²) in [5.41, 5.74) is 1.46. The molecule has 3 heteroatoms. The highest BCUT2D eigenvalue weighted by Crippen LogP contribution is 2.47. The van der Waals surface area contributed by atoms with E-state index in [9.17, 15) is 0 Å². The molecule has 1 aromatic rings. The van der Waals surface area contributed by atoms with Crippen LogP contribution in [0.1, 0.15) is 38.2 Å². The maximum atomic E-state index is 6.49. The van der Waals surface area contributed by atoms with Gasteiger partial charge in [-0.05, 0) is 51.9 Å². The van der Waals surface area contributed by atoms with Crippen molar-refractivity contribution >= 4 is 12.4 Å². The van der Waals surface area contributed by atoms with E-state index in [1.807, 2.05) is 0 Å². The first kappa shape index (κ1) is 15.7. The Labute approximate surface area is 128 Å². The highest BCUT2D eigenvalue weighted by molar-refractivity contribution is 5.85. The Hall–Kier alpha value is -0.730. The fourth-order valence-electron chi connectivity index (χ4n) is 3.95. The number of fused-ring (bicyclic) bond motifs is 1. The molecule has 0 bridgehead atoms. The molecule has 0 aromatic heterocycles. The lowest BCUT2D eigenvalue weighted by molar-refractivity contribution is -0.0360. The summed E-state index contributed by atoms with van der Waals surface area (Å²) in [6.45, 7) is 2.35. The zero-order valence-electron chi connectivity index (χ0n) is 12.8. The largest absolute Gasteiger partial charge is 0.486 e. The molecule has 3 rings (SSSR count). The standard InChI is InChI=1S/C17H25NO.ClH/c1-13(18(2)3)15-9-6-7-11-17(15)12-14-8-4-5-10-16(14)19-17;/h4-5,8,10,13,15H,6-7,9,11-12H2,1-3H3;1H/t13?,15?,17-;/m1./s1. The van der Waals surface area contributed by atoms with Crippen molar-refractivity contribution in [3.8, 4) is 5.75 Å². The maximum absolute atomic E-state index is 6.49. The minimum atomic E-state index is 0. The zero-order valence-corrected chi connectivity index (χ0v) is 13.6. The number of halogens is 1. The predicted molar refractivity (Wildman–Crippen MR) is 85.9 cm³/mol. The van der Waals surface area contributed by atoms with E-state index in [1.54, 1.807) is 0 Å². The van der Waals surface area contributed by atoms with Gasteiger partial charge in [0.1, 0.15) is 11.4 Å². The molecule has 1 heterocycles. The molecular weight excluding hydrogens is 270 g/mol. The van der Waals surface area contributed by atoms with E-state index >= 15 is 0 Å². The molecule has 0 radical (unpaired) electrons. The molecule has 1 fully saturated rings. The van der Waals surface area contributed by atoms with E-state index in [4.69, 9.17) is 4.74 Å². The van der Waals surface area contributed by atoms with Crippen LogP contribution in [-0.4, -0.2) is 30.6 Å². The summed E-state index contributed by atoms with van der Waals surface area (Å²) in [6, 6.07) is 9.17. The summed E-state index contributed by atoms with van der Waals surface area (Å²) in [7, 11) is 4.38. The van der Waals surface area contributed by atoms with Crippen molar-refractivity contribution < 1.29 is 4.74 Å². The summed E-state index contributed by atoms with van der Waals surface area (Å²) in [4.78, 5) is 2.35. The molecule has 0 saturated heterocycles. The van der Waals surface area contributed by atoms with Gasteiger partial charge in [-0.2, -0.15) is 0 Å². The number of rotatable bonds is 2. The number of benzene rings is 1. The van der Waals surface area contributed by atoms with Crippen molar-refractivity contribution in [2.75, 3.05) is 14.1 Å². The van der Waals surface area contributed by atoms with Crippen LogP contribution in [-0.2, 0) is 6.42 Å². The minimum absolute atomic E-state index is 0. The Bertz CT molecular complexity index is 435. The van der Waals surface area contributed by atoms with Crippen LogP contribution in [0.15, 0.2) is 24.3 Å². The Balaban J connectivity index is 0.00000147. The van der Waals surface area contributed by atoms with Crippen LogP contribution in [0.5, 0.6) is 5.75 Å². The van der Waals surface area contributed by atoms with Crippen molar-refractivity contribution in [1.29, 1.82) is 0 Å². The second-order valence-corrected chi connectivity index (χ2v) is 6.51. The van der Waals surface area contributed by atoms with E-state index in [0.29, 0.717) is 12.0 Å². The molecule has 1 aliphatic carbocycles. The summed E-state index contributed by atoms with van der Waals surface area (Å²) in [5.74, 6) is 1.77. The number of hydrogen-bond donors (Lipinski definition) is 0. The van der Waals surface area contributed by atoms with Crippen molar-refractivity contribution in [2.45, 2.75) is 50.7 Å². The molecule has 2 unspecified atom stereocenters. The molecular formula is C17H26ClNO. The average Bonchev–Trinajstić information content (AvgIpc) is 2.76. The van der Waals surface area contributed by atoms with Gasteiger partial charge < -0.3 is 9.64 Å². The first-order valence-electron chi connectivity index (χ1n) is 7.56. The van der Waals surface area contributed by atoms with Crippen LogP contribution in [0.4, 0.5) is 0 Å². The Morgan fingerprint density at radius 3 is 2.70 bits per heavy atom. The van der Waals surface area contributed by atoms with Crippen LogP contribution >= 0.6 is 12.4 Å². The summed E-state index contributed by atoms with van der Waals surface area (Å²) < 4.78 is 6.49. The van der Waals surface area contributed by atoms with Crippen LogP contribution in [0.3, 0.4) is 0 Å². The molecule has 112 valence electrons. The molecule has 2 aliphatic rings. The predicted octanol–water partition coefficient (Wildman–Crippen LogP) is 3.92. The van der Waals surface area contributed by atoms with Gasteiger partial charge in [-0.3, -0.25) is 0 Å². The molecule has 0 amide bonds. The fourth-order valence-corrected chi connectivity index (χ4v) is 3.95. The van der Waals surface area contributed by atoms with E-state index < -0.39 is 0 Å². The van der Waals surface area contributed by atoms with E-state index in [1.165, 1.54) is 31.2 Å². The SMILES string of the molecule is CC(C1CCCC[C@@]12Cc1ccccc1O2)N(C)C.Cl. The van der Waals surface area contributed by atoms with Gasteiger partial charge in [0.25, 0.3) is 0 Å². The highest BCUT2D eigenvalue weighted by Gasteiger charge is 2.49. The van der Waals surface area contributed by atoms with Crippen molar-refractivity contribution in [3.05, 3.63) is 29.8 Å². The first-order chi connectivity index (χ1) is 9.12. The minimum Gasteiger partial charge on any atom is -0.486 e. The van der Waals surface area contributed by atoms with Crippen LogP contribution in [0, 0.1) is 5.92 Å². The Morgan fingerprint density at radius 1 is 1.25 bits per heavy atom. The van der Waals surface area contributed by atoms with E-state index in [2.05, 4.69) is 50.2 Å². The summed E-state index contributed by atoms with van der Waals surface area (Å²) >= 11 is 0. The molecule has 3 atom stereocenters. The third-order valence-corrected chi connectivity index (χ3v) is 5.21. The van der Waals surface area contributed by atoms with Gasteiger partial charge in [0.15, 0.2) is 0 Å². The highest BCUT2D eigenvalue weighted by atomic mass is 35.5. The van der Waals surface area contributed by atoms with Crippen molar-refractivity contribution in [2.24, 2.45) is 5.92 Å². The first-order valence-corrected chi connectivity index (χ1v) is 7.56. The number of ether oxygens (including phenoxy) is 1. The van der Waals surface area contributed by atoms with Crippen LogP contribution in [0.25, 0.3) is 0 Å². The lowest BCUT2D eigenvalue weighted by Crippen LogP contribution is -2.52. The van der Waals surface area contributed by atoms with Gasteiger partial charge in [-0.15, -0.1) is 12.4 Å². The second kappa shape index (κ2) is 5.95. The second-order valence-electron chi connectivity index (χ2n) is 6.51. The quantitative estimate of drug-likeness (QED) is 0.820. The Morgan fingerprint density at radius 2 is 2.00 bits per heavy atom. The lowest BCUT2D eigenvalue weighted by Gasteiger charge is -2.45. The zero-order chi connectivity index (χ0) is 13.5. The molecule has 0 N–H and O–H groups in total. The van der Waals surface area contributed by atoms with Gasteiger partial charge in [0.2, 0.25) is 0 Å². The van der Waals surface area contributed by atoms with E-state index in [-0.39, 0.29) is 18.0 Å². The molecule has 2 nitrogen and oxygen atoms in total. The van der Waals surface area contributed by atoms with Crippen LogP contribution < -0.4 is 4.74 Å². The lowest BCUT2D eigenvalue weighted by atomic mass is 9.70. The van der Waals surface area contributed by atoms with Crippen molar-refractivity contribution in [3.63, 3.8) is 0 Å². The Kier molecular flexibility index (Phi) is 4.66. The molecule has 20 heavy (non-hydrogen) atoms. The van der Waals surface area contributed by atoms with Gasteiger partial charge in [-0.25, -0.2) is 0 Å². The summed E-state index contributed by atoms with van der Waals surface area (Å²) in [5, 5.41) is 0. The van der Waals surface area contributed by atoms with Gasteiger partial charge in [0, 0.05) is 18.4 Å². The monoisotopic (exact) mass is 295 g/mol. The molecule has 1 aromatic carbocycles. The third-order valence-electron chi connectivity index (χ3n) is 5.21. The number of para-hydroxylation sites is 1. The maximum Gasteiger partial charge on any atom is 0.123 e. The summed E-state index contributed by atoms with van der Waals surface area (Å²) in [6.07, 6.45) is 6.28. The molecule has 1 aliphatic heterocycles. The number of hydrogen-bond acceptors (Lipinski definition) is 2. The van der Waals surface area contributed by atoms with Crippen LogP contribution in [0.2, 0.25) is 0 Å². The molecule has 1 spiro atoms. The third kappa shape index (κ3) is 2.56. The van der Waals surface area contributed by atoms with Crippen molar-refractivity contribution in [1.82, 2.24) is 4.90 Å². The topological polar surface area (TPSA) is 12.5 Å². The van der Waals surface area contributed by atoms with E-state index in [0.717, 1.165) is 12.2 Å². The van der Waals surface area contributed by atoms with Gasteiger partial charge in [0.05, 0.1) is 0 Å². The van der Waals surface area contributed by atoms with Gasteiger partial charge in [-0.1, -0.05) is 24.6 Å². The smallest absolute Gasteiger partial charge is 0.123 e. The normalized spacial score (nSPS) is 29.7. The molecule has 1 saturated carbocycles. The van der Waals surface area contributed by atoms with Gasteiger partial charge >= 0.3 is 0 Å². The fraction of sp³-hybridized carbons (Fsp3) is 0.647.